The fraction of sp³-hybridized carbons (Fsp3) is 0.182. The van der Waals surface area contributed by atoms with Gasteiger partial charge in [0.15, 0.2) is 0 Å². The molecular formula is C11H13N3O. The summed E-state index contributed by atoms with van der Waals surface area (Å²) in [5, 5.41) is 6.20. The monoisotopic (exact) mass is 203 g/mol. The van der Waals surface area contributed by atoms with Gasteiger partial charge >= 0.3 is 0 Å². The summed E-state index contributed by atoms with van der Waals surface area (Å²) in [4.78, 5) is 4.34. The normalized spacial score (nSPS) is 9.93. The van der Waals surface area contributed by atoms with Crippen LogP contribution in [0.3, 0.4) is 0 Å². The first-order chi connectivity index (χ1) is 7.38. The molecule has 2 rings (SSSR count). The van der Waals surface area contributed by atoms with Crippen molar-refractivity contribution in [2.45, 2.75) is 6.54 Å². The van der Waals surface area contributed by atoms with Gasteiger partial charge in [-0.1, -0.05) is 6.07 Å². The second-order valence-corrected chi connectivity index (χ2v) is 3.14. The van der Waals surface area contributed by atoms with E-state index in [1.165, 1.54) is 0 Å². The van der Waals surface area contributed by atoms with E-state index in [-0.39, 0.29) is 0 Å². The van der Waals surface area contributed by atoms with Crippen molar-refractivity contribution < 1.29 is 4.42 Å². The second kappa shape index (κ2) is 4.50. The van der Waals surface area contributed by atoms with E-state index < -0.39 is 0 Å². The first-order valence-corrected chi connectivity index (χ1v) is 4.78. The van der Waals surface area contributed by atoms with E-state index in [0.29, 0.717) is 0 Å². The first-order valence-electron chi connectivity index (χ1n) is 4.78. The highest BCUT2D eigenvalue weighted by molar-refractivity contribution is 5.44. The maximum absolute atomic E-state index is 4.98. The van der Waals surface area contributed by atoms with Gasteiger partial charge in [-0.25, -0.2) is 4.98 Å². The largest absolute Gasteiger partial charge is 0.472 e. The molecule has 4 heteroatoms. The number of hydrogen-bond acceptors (Lipinski definition) is 4. The maximum Gasteiger partial charge on any atom is 0.128 e. The molecule has 0 saturated carbocycles. The van der Waals surface area contributed by atoms with E-state index in [2.05, 4.69) is 15.6 Å². The summed E-state index contributed by atoms with van der Waals surface area (Å²) in [5.41, 5.74) is 1.10. The Kier molecular flexibility index (Phi) is 2.88. The number of nitrogens with one attached hydrogen (secondary N) is 2. The molecule has 78 valence electrons. The summed E-state index contributed by atoms with van der Waals surface area (Å²) in [6.07, 6.45) is 3.38. The van der Waals surface area contributed by atoms with Crippen molar-refractivity contribution in [3.8, 4) is 0 Å². The number of rotatable bonds is 4. The molecule has 0 bridgehead atoms. The van der Waals surface area contributed by atoms with Crippen molar-refractivity contribution in [2.24, 2.45) is 0 Å². The van der Waals surface area contributed by atoms with Gasteiger partial charge < -0.3 is 15.1 Å². The fourth-order valence-corrected chi connectivity index (χ4v) is 1.26. The number of furan rings is 1. The molecule has 0 unspecified atom stereocenters. The van der Waals surface area contributed by atoms with Crippen molar-refractivity contribution in [1.82, 2.24) is 4.98 Å². The van der Waals surface area contributed by atoms with Gasteiger partial charge in [0.2, 0.25) is 0 Å². The standard InChI is InChI=1S/C11H13N3O/c1-12-10-3-2-4-11(14-10)13-7-9-5-6-15-8-9/h2-6,8H,7H2,1H3,(H2,12,13,14). The van der Waals surface area contributed by atoms with E-state index in [1.807, 2.05) is 31.3 Å². The molecule has 15 heavy (non-hydrogen) atoms. The van der Waals surface area contributed by atoms with Gasteiger partial charge in [-0.05, 0) is 18.2 Å². The summed E-state index contributed by atoms with van der Waals surface area (Å²) in [7, 11) is 1.85. The molecule has 0 atom stereocenters. The van der Waals surface area contributed by atoms with Crippen molar-refractivity contribution in [2.75, 3.05) is 17.7 Å². The van der Waals surface area contributed by atoms with E-state index >= 15 is 0 Å². The maximum atomic E-state index is 4.98. The Labute approximate surface area is 88.3 Å². The van der Waals surface area contributed by atoms with Gasteiger partial charge in [0.1, 0.15) is 11.6 Å². The Morgan fingerprint density at radius 1 is 1.27 bits per heavy atom. The number of anilines is 2. The molecule has 4 nitrogen and oxygen atoms in total. The predicted octanol–water partition coefficient (Wildman–Crippen LogP) is 2.33. The Morgan fingerprint density at radius 2 is 2.13 bits per heavy atom. The van der Waals surface area contributed by atoms with Gasteiger partial charge in [-0.3, -0.25) is 0 Å². The minimum absolute atomic E-state index is 0.719. The lowest BCUT2D eigenvalue weighted by Gasteiger charge is -2.05. The Bertz CT molecular complexity index is 412. The molecule has 0 spiro atoms. The molecule has 0 aliphatic rings. The summed E-state index contributed by atoms with van der Waals surface area (Å²) >= 11 is 0. The van der Waals surface area contributed by atoms with Crippen LogP contribution in [0.5, 0.6) is 0 Å². The fourth-order valence-electron chi connectivity index (χ4n) is 1.26. The van der Waals surface area contributed by atoms with Gasteiger partial charge in [0.25, 0.3) is 0 Å². The number of nitrogens with zero attached hydrogens (tertiary/aromatic N) is 1. The van der Waals surface area contributed by atoms with Crippen LogP contribution in [-0.4, -0.2) is 12.0 Å². The smallest absolute Gasteiger partial charge is 0.128 e. The zero-order valence-corrected chi connectivity index (χ0v) is 8.53. The molecule has 0 fully saturated rings. The van der Waals surface area contributed by atoms with Crippen LogP contribution in [0.4, 0.5) is 11.6 Å². The molecule has 2 aromatic heterocycles. The average Bonchev–Trinajstić information content (AvgIpc) is 2.79. The molecule has 0 amide bonds. The van der Waals surface area contributed by atoms with Crippen molar-refractivity contribution in [3.63, 3.8) is 0 Å². The average molecular weight is 203 g/mol. The molecule has 0 aromatic carbocycles. The zero-order chi connectivity index (χ0) is 10.5. The SMILES string of the molecule is CNc1cccc(NCc2ccoc2)n1. The molecule has 2 heterocycles. The highest BCUT2D eigenvalue weighted by Gasteiger charge is 1.97. The van der Waals surface area contributed by atoms with Crippen LogP contribution in [0.15, 0.2) is 41.2 Å². The summed E-state index contributed by atoms with van der Waals surface area (Å²) in [6.45, 7) is 0.719. The highest BCUT2D eigenvalue weighted by atomic mass is 16.3. The van der Waals surface area contributed by atoms with Crippen LogP contribution >= 0.6 is 0 Å². The van der Waals surface area contributed by atoms with Gasteiger partial charge in [-0.15, -0.1) is 0 Å². The summed E-state index contributed by atoms with van der Waals surface area (Å²) in [6, 6.07) is 7.73. The zero-order valence-electron chi connectivity index (χ0n) is 8.53. The lowest BCUT2D eigenvalue weighted by Crippen LogP contribution is -2.01. The highest BCUT2D eigenvalue weighted by Crippen LogP contribution is 2.10. The van der Waals surface area contributed by atoms with Gasteiger partial charge in [0, 0.05) is 19.2 Å². The summed E-state index contributed by atoms with van der Waals surface area (Å²) < 4.78 is 4.98. The van der Waals surface area contributed by atoms with Crippen LogP contribution < -0.4 is 10.6 Å². The molecular weight excluding hydrogens is 190 g/mol. The molecule has 0 saturated heterocycles. The van der Waals surface area contributed by atoms with Crippen molar-refractivity contribution in [1.29, 1.82) is 0 Å². The molecule has 0 aliphatic carbocycles. The van der Waals surface area contributed by atoms with Gasteiger partial charge in [-0.2, -0.15) is 0 Å². The van der Waals surface area contributed by atoms with Crippen LogP contribution in [0.2, 0.25) is 0 Å². The minimum Gasteiger partial charge on any atom is -0.472 e. The Morgan fingerprint density at radius 3 is 2.87 bits per heavy atom. The van der Waals surface area contributed by atoms with E-state index in [4.69, 9.17) is 4.42 Å². The summed E-state index contributed by atoms with van der Waals surface area (Å²) in [5.74, 6) is 1.70. The number of pyridine rings is 1. The molecule has 2 N–H and O–H groups in total. The van der Waals surface area contributed by atoms with E-state index in [9.17, 15) is 0 Å². The first kappa shape index (κ1) is 9.58. The second-order valence-electron chi connectivity index (χ2n) is 3.14. The van der Waals surface area contributed by atoms with Crippen LogP contribution in [0.25, 0.3) is 0 Å². The van der Waals surface area contributed by atoms with Gasteiger partial charge in [0.05, 0.1) is 12.5 Å². The predicted molar refractivity (Wildman–Crippen MR) is 59.8 cm³/mol. The van der Waals surface area contributed by atoms with E-state index in [1.54, 1.807) is 12.5 Å². The molecule has 0 aliphatic heterocycles. The lowest BCUT2D eigenvalue weighted by molar-refractivity contribution is 0.564. The Hall–Kier alpha value is -1.97. The van der Waals surface area contributed by atoms with E-state index in [0.717, 1.165) is 23.7 Å². The number of hydrogen-bond donors (Lipinski definition) is 2. The third kappa shape index (κ3) is 2.49. The van der Waals surface area contributed by atoms with Crippen LogP contribution in [0, 0.1) is 0 Å². The van der Waals surface area contributed by atoms with Crippen LogP contribution in [-0.2, 0) is 6.54 Å². The van der Waals surface area contributed by atoms with Crippen LogP contribution in [0.1, 0.15) is 5.56 Å². The van der Waals surface area contributed by atoms with Crippen molar-refractivity contribution in [3.05, 3.63) is 42.4 Å². The molecule has 0 radical (unpaired) electrons. The lowest BCUT2D eigenvalue weighted by atomic mass is 10.3. The Balaban J connectivity index is 1.98. The molecule has 2 aromatic rings. The third-order valence-electron chi connectivity index (χ3n) is 2.06. The number of aromatic nitrogens is 1. The minimum atomic E-state index is 0.719. The quantitative estimate of drug-likeness (QED) is 0.800. The topological polar surface area (TPSA) is 50.1 Å². The van der Waals surface area contributed by atoms with Crippen molar-refractivity contribution >= 4 is 11.6 Å². The third-order valence-corrected chi connectivity index (χ3v) is 2.06.